The summed E-state index contributed by atoms with van der Waals surface area (Å²) in [5.74, 6) is 5.18. The van der Waals surface area contributed by atoms with E-state index in [2.05, 4.69) is 5.43 Å². The van der Waals surface area contributed by atoms with Gasteiger partial charge in [-0.05, 0) is 37.1 Å². The minimum atomic E-state index is -0.446. The molecule has 0 saturated carbocycles. The van der Waals surface area contributed by atoms with Gasteiger partial charge in [0.25, 0.3) is 11.8 Å². The van der Waals surface area contributed by atoms with E-state index in [-0.39, 0.29) is 12.5 Å². The van der Waals surface area contributed by atoms with Crippen LogP contribution in [0.25, 0.3) is 10.9 Å². The summed E-state index contributed by atoms with van der Waals surface area (Å²) in [5.41, 5.74) is 5.17. The van der Waals surface area contributed by atoms with Crippen molar-refractivity contribution in [1.29, 1.82) is 0 Å². The molecule has 3 aromatic rings. The number of benzene rings is 2. The Balaban J connectivity index is 1.90. The van der Waals surface area contributed by atoms with E-state index in [1.165, 1.54) is 10.8 Å². The van der Waals surface area contributed by atoms with E-state index < -0.39 is 5.91 Å². The molecule has 0 spiro atoms. The Kier molecular flexibility index (Phi) is 4.54. The highest BCUT2D eigenvalue weighted by Gasteiger charge is 2.18. The molecule has 6 heteroatoms. The Morgan fingerprint density at radius 1 is 1.12 bits per heavy atom. The number of hydrazine groups is 1. The molecule has 0 aliphatic heterocycles. The van der Waals surface area contributed by atoms with E-state index in [0.29, 0.717) is 22.2 Å². The topological polar surface area (TPSA) is 86.3 Å². The van der Waals surface area contributed by atoms with E-state index in [1.54, 1.807) is 18.2 Å². The van der Waals surface area contributed by atoms with Crippen LogP contribution in [0.1, 0.15) is 26.3 Å². The number of nitrogens with zero attached hydrogens (tertiary/aromatic N) is 1. The molecule has 3 N–H and O–H groups in total. The van der Waals surface area contributed by atoms with Crippen LogP contribution in [0.15, 0.2) is 48.7 Å². The number of fused-ring (bicyclic) bond motifs is 1. The number of para-hydroxylation sites is 1. The molecule has 0 fully saturated rings. The van der Waals surface area contributed by atoms with Crippen molar-refractivity contribution in [3.8, 4) is 5.75 Å². The lowest BCUT2D eigenvalue weighted by Gasteiger charge is -2.11. The number of nitrogens with two attached hydrogens (primary N) is 1. The average molecular weight is 337 g/mol. The zero-order valence-corrected chi connectivity index (χ0v) is 14.1. The molecular formula is C19H19N3O3. The van der Waals surface area contributed by atoms with Crippen molar-refractivity contribution in [2.45, 2.75) is 13.8 Å². The molecule has 3 rings (SSSR count). The van der Waals surface area contributed by atoms with Gasteiger partial charge in [-0.15, -0.1) is 0 Å². The third-order valence-electron chi connectivity index (χ3n) is 4.26. The summed E-state index contributed by atoms with van der Waals surface area (Å²) in [5, 5.41) is 0.658. The number of hydrogen-bond donors (Lipinski definition) is 2. The summed E-state index contributed by atoms with van der Waals surface area (Å²) < 4.78 is 7.10. The summed E-state index contributed by atoms with van der Waals surface area (Å²) in [4.78, 5) is 24.6. The first-order chi connectivity index (χ1) is 12.0. The number of rotatable bonds is 4. The van der Waals surface area contributed by atoms with Crippen molar-refractivity contribution in [2.24, 2.45) is 5.84 Å². The van der Waals surface area contributed by atoms with Crippen LogP contribution in [0.4, 0.5) is 0 Å². The van der Waals surface area contributed by atoms with Crippen molar-refractivity contribution in [2.75, 3.05) is 6.61 Å². The van der Waals surface area contributed by atoms with Gasteiger partial charge in [0.2, 0.25) is 0 Å². The molecule has 1 amide bonds. The Hall–Kier alpha value is -3.12. The van der Waals surface area contributed by atoms with E-state index in [9.17, 15) is 9.59 Å². The van der Waals surface area contributed by atoms with Crippen LogP contribution in [0.3, 0.4) is 0 Å². The van der Waals surface area contributed by atoms with Gasteiger partial charge in [0, 0.05) is 11.6 Å². The molecule has 128 valence electrons. The van der Waals surface area contributed by atoms with Gasteiger partial charge in [-0.1, -0.05) is 30.3 Å². The minimum absolute atomic E-state index is 0.132. The van der Waals surface area contributed by atoms with E-state index >= 15 is 0 Å². The third-order valence-corrected chi connectivity index (χ3v) is 4.26. The number of carbonyl (C=O) groups is 2. The molecule has 0 bridgehead atoms. The molecule has 1 aromatic heterocycles. The van der Waals surface area contributed by atoms with Crippen LogP contribution in [-0.2, 0) is 0 Å². The van der Waals surface area contributed by atoms with Crippen LogP contribution >= 0.6 is 0 Å². The quantitative estimate of drug-likeness (QED) is 0.435. The zero-order valence-electron chi connectivity index (χ0n) is 14.1. The monoisotopic (exact) mass is 337 g/mol. The largest absolute Gasteiger partial charge is 0.483 e. The highest BCUT2D eigenvalue weighted by atomic mass is 16.5. The van der Waals surface area contributed by atoms with Crippen molar-refractivity contribution < 1.29 is 14.3 Å². The lowest BCUT2D eigenvalue weighted by Crippen LogP contribution is -2.29. The second-order valence-electron chi connectivity index (χ2n) is 5.78. The van der Waals surface area contributed by atoms with E-state index in [4.69, 9.17) is 10.6 Å². The van der Waals surface area contributed by atoms with Gasteiger partial charge in [0.1, 0.15) is 5.75 Å². The number of nitrogen functional groups attached to an aromatic ring is 1. The summed E-state index contributed by atoms with van der Waals surface area (Å²) in [6, 6.07) is 12.9. The Labute approximate surface area is 145 Å². The van der Waals surface area contributed by atoms with Crippen LogP contribution in [-0.4, -0.2) is 23.0 Å². The number of ether oxygens (including phenoxy) is 1. The SMILES string of the molecule is Cc1cccc(OCC(=O)n2cc(C(=O)NN)c3ccccc32)c1C. The molecule has 0 aliphatic carbocycles. The molecule has 0 atom stereocenters. The van der Waals surface area contributed by atoms with Gasteiger partial charge in [0.05, 0.1) is 11.1 Å². The molecular weight excluding hydrogens is 318 g/mol. The molecule has 0 unspecified atom stereocenters. The summed E-state index contributed by atoms with van der Waals surface area (Å²) in [6.45, 7) is 3.80. The van der Waals surface area contributed by atoms with E-state index in [0.717, 1.165) is 11.1 Å². The first-order valence-electron chi connectivity index (χ1n) is 7.86. The van der Waals surface area contributed by atoms with Crippen LogP contribution in [0.5, 0.6) is 5.75 Å². The van der Waals surface area contributed by atoms with Crippen molar-refractivity contribution in [1.82, 2.24) is 9.99 Å². The van der Waals surface area contributed by atoms with Gasteiger partial charge < -0.3 is 4.74 Å². The van der Waals surface area contributed by atoms with Gasteiger partial charge in [0.15, 0.2) is 6.61 Å². The van der Waals surface area contributed by atoms with E-state index in [1.807, 2.05) is 38.1 Å². The number of aryl methyl sites for hydroxylation is 1. The Morgan fingerprint density at radius 2 is 1.88 bits per heavy atom. The predicted molar refractivity (Wildman–Crippen MR) is 95.6 cm³/mol. The van der Waals surface area contributed by atoms with Gasteiger partial charge in [-0.2, -0.15) is 0 Å². The number of carbonyl (C=O) groups excluding carboxylic acids is 2. The van der Waals surface area contributed by atoms with Gasteiger partial charge in [-0.3, -0.25) is 19.6 Å². The Bertz CT molecular complexity index is 960. The maximum absolute atomic E-state index is 12.6. The third kappa shape index (κ3) is 3.12. The fourth-order valence-electron chi connectivity index (χ4n) is 2.73. The zero-order chi connectivity index (χ0) is 18.0. The molecule has 0 radical (unpaired) electrons. The molecule has 1 heterocycles. The first kappa shape index (κ1) is 16.7. The summed E-state index contributed by atoms with van der Waals surface area (Å²) in [6.07, 6.45) is 1.49. The molecule has 0 saturated heterocycles. The molecule has 2 aromatic carbocycles. The van der Waals surface area contributed by atoms with Gasteiger partial charge >= 0.3 is 0 Å². The fourth-order valence-corrected chi connectivity index (χ4v) is 2.73. The second kappa shape index (κ2) is 6.78. The number of hydrogen-bond acceptors (Lipinski definition) is 4. The van der Waals surface area contributed by atoms with Crippen LogP contribution in [0, 0.1) is 13.8 Å². The van der Waals surface area contributed by atoms with Crippen molar-refractivity contribution >= 4 is 22.7 Å². The number of aromatic nitrogens is 1. The lowest BCUT2D eigenvalue weighted by atomic mass is 10.1. The maximum atomic E-state index is 12.6. The molecule has 0 aliphatic rings. The lowest BCUT2D eigenvalue weighted by molar-refractivity contribution is 0.0842. The maximum Gasteiger partial charge on any atom is 0.269 e. The molecule has 6 nitrogen and oxygen atoms in total. The summed E-state index contributed by atoms with van der Waals surface area (Å²) >= 11 is 0. The van der Waals surface area contributed by atoms with Crippen LogP contribution < -0.4 is 16.0 Å². The Morgan fingerprint density at radius 3 is 2.64 bits per heavy atom. The van der Waals surface area contributed by atoms with Gasteiger partial charge in [-0.25, -0.2) is 5.84 Å². The smallest absolute Gasteiger partial charge is 0.269 e. The first-order valence-corrected chi connectivity index (χ1v) is 7.86. The minimum Gasteiger partial charge on any atom is -0.483 e. The normalized spacial score (nSPS) is 10.7. The number of nitrogens with one attached hydrogen (secondary N) is 1. The van der Waals surface area contributed by atoms with Crippen LogP contribution in [0.2, 0.25) is 0 Å². The standard InChI is InChI=1S/C19H19N3O3/c1-12-6-5-9-17(13(12)2)25-11-18(23)22-10-15(19(24)21-20)14-7-3-4-8-16(14)22/h3-10H,11,20H2,1-2H3,(H,21,24). The fraction of sp³-hybridized carbons (Fsp3) is 0.158. The average Bonchev–Trinajstić information content (AvgIpc) is 3.02. The summed E-state index contributed by atoms with van der Waals surface area (Å²) in [7, 11) is 0. The molecule has 25 heavy (non-hydrogen) atoms. The van der Waals surface area contributed by atoms with Crippen molar-refractivity contribution in [3.05, 3.63) is 65.4 Å². The highest BCUT2D eigenvalue weighted by Crippen LogP contribution is 2.23. The van der Waals surface area contributed by atoms with Crippen molar-refractivity contribution in [3.63, 3.8) is 0 Å². The second-order valence-corrected chi connectivity index (χ2v) is 5.78. The number of amides is 1. The highest BCUT2D eigenvalue weighted by molar-refractivity contribution is 6.09. The predicted octanol–water partition coefficient (Wildman–Crippen LogP) is 2.58.